The van der Waals surface area contributed by atoms with Gasteiger partial charge in [0, 0.05) is 4.88 Å². The smallest absolute Gasteiger partial charge is 0.258 e. The van der Waals surface area contributed by atoms with Crippen LogP contribution in [0.2, 0.25) is 0 Å². The molecule has 0 saturated carbocycles. The van der Waals surface area contributed by atoms with Gasteiger partial charge in [0.1, 0.15) is 5.75 Å². The average Bonchev–Trinajstić information content (AvgIpc) is 2.89. The largest absolute Gasteiger partial charge is 0.484 e. The van der Waals surface area contributed by atoms with Crippen molar-refractivity contribution in [1.82, 2.24) is 5.32 Å². The van der Waals surface area contributed by atoms with Gasteiger partial charge in [0.2, 0.25) is 0 Å². The third-order valence-corrected chi connectivity index (χ3v) is 3.91. The molecule has 0 saturated heterocycles. The number of ether oxygens (including phenoxy) is 1. The number of nitrogens with one attached hydrogen (secondary N) is 1. The second-order valence-corrected chi connectivity index (χ2v) is 5.39. The topological polar surface area (TPSA) is 58.6 Å². The minimum absolute atomic E-state index is 0.000924. The van der Waals surface area contributed by atoms with Crippen LogP contribution in [-0.2, 0) is 17.9 Å². The lowest BCUT2D eigenvalue weighted by Crippen LogP contribution is -2.28. The van der Waals surface area contributed by atoms with E-state index in [1.165, 1.54) is 5.56 Å². The normalized spacial score (nSPS) is 10.3. The second kappa shape index (κ2) is 7.07. The van der Waals surface area contributed by atoms with Gasteiger partial charge < -0.3 is 15.2 Å². The van der Waals surface area contributed by atoms with Crippen molar-refractivity contribution in [3.8, 4) is 5.75 Å². The average molecular weight is 291 g/mol. The van der Waals surface area contributed by atoms with E-state index in [4.69, 9.17) is 9.84 Å². The van der Waals surface area contributed by atoms with Crippen LogP contribution in [0.15, 0.2) is 35.7 Å². The number of carbonyl (C=O) groups is 1. The van der Waals surface area contributed by atoms with Crippen molar-refractivity contribution in [3.63, 3.8) is 0 Å². The zero-order chi connectivity index (χ0) is 14.4. The Morgan fingerprint density at radius 3 is 2.65 bits per heavy atom. The minimum atomic E-state index is -0.149. The molecular weight excluding hydrogens is 274 g/mol. The van der Waals surface area contributed by atoms with Gasteiger partial charge in [-0.25, -0.2) is 0 Å². The number of aliphatic hydroxyl groups excluding tert-OH is 1. The number of hydrogen-bond acceptors (Lipinski definition) is 4. The molecule has 20 heavy (non-hydrogen) atoms. The summed E-state index contributed by atoms with van der Waals surface area (Å²) in [4.78, 5) is 12.8. The number of thiophene rings is 1. The monoisotopic (exact) mass is 291 g/mol. The van der Waals surface area contributed by atoms with Gasteiger partial charge in [0.05, 0.1) is 13.2 Å². The van der Waals surface area contributed by atoms with E-state index in [1.807, 2.05) is 18.4 Å². The Morgan fingerprint density at radius 2 is 2.05 bits per heavy atom. The summed E-state index contributed by atoms with van der Waals surface area (Å²) in [5, 5.41) is 13.8. The molecule has 1 aromatic heterocycles. The highest BCUT2D eigenvalue weighted by Crippen LogP contribution is 2.15. The van der Waals surface area contributed by atoms with Crippen LogP contribution in [0, 0.1) is 6.92 Å². The van der Waals surface area contributed by atoms with E-state index in [1.54, 1.807) is 35.6 Å². The van der Waals surface area contributed by atoms with E-state index in [2.05, 4.69) is 5.32 Å². The maximum atomic E-state index is 11.7. The maximum Gasteiger partial charge on any atom is 0.258 e. The fourth-order valence-electron chi connectivity index (χ4n) is 1.66. The Bertz CT molecular complexity index is 563. The van der Waals surface area contributed by atoms with Crippen molar-refractivity contribution in [1.29, 1.82) is 0 Å². The van der Waals surface area contributed by atoms with Crippen LogP contribution >= 0.6 is 11.3 Å². The number of aliphatic hydroxyl groups is 1. The standard InChI is InChI=1S/C15H17NO3S/c1-11-6-7-20-14(11)8-16-15(18)10-19-13-4-2-12(9-17)3-5-13/h2-7,17H,8-10H2,1H3,(H,16,18). The third-order valence-electron chi connectivity index (χ3n) is 2.89. The molecule has 5 heteroatoms. The summed E-state index contributed by atoms with van der Waals surface area (Å²) in [6.45, 7) is 2.55. The lowest BCUT2D eigenvalue weighted by molar-refractivity contribution is -0.123. The van der Waals surface area contributed by atoms with Gasteiger partial charge in [0.15, 0.2) is 6.61 Å². The van der Waals surface area contributed by atoms with E-state index in [0.717, 1.165) is 10.4 Å². The minimum Gasteiger partial charge on any atom is -0.484 e. The van der Waals surface area contributed by atoms with Crippen LogP contribution in [0.5, 0.6) is 5.75 Å². The zero-order valence-corrected chi connectivity index (χ0v) is 12.1. The number of hydrogen-bond donors (Lipinski definition) is 2. The fourth-order valence-corrected chi connectivity index (χ4v) is 2.50. The molecule has 1 aromatic carbocycles. The van der Waals surface area contributed by atoms with E-state index in [0.29, 0.717) is 12.3 Å². The van der Waals surface area contributed by atoms with Crippen molar-refractivity contribution < 1.29 is 14.6 Å². The SMILES string of the molecule is Cc1ccsc1CNC(=O)COc1ccc(CO)cc1. The summed E-state index contributed by atoms with van der Waals surface area (Å²) in [5.41, 5.74) is 2.01. The number of rotatable bonds is 6. The molecular formula is C15H17NO3S. The van der Waals surface area contributed by atoms with Crippen molar-refractivity contribution in [2.75, 3.05) is 6.61 Å². The lowest BCUT2D eigenvalue weighted by Gasteiger charge is -2.07. The predicted molar refractivity (Wildman–Crippen MR) is 78.8 cm³/mol. The molecule has 0 aliphatic carbocycles. The van der Waals surface area contributed by atoms with Crippen LogP contribution in [0.4, 0.5) is 0 Å². The van der Waals surface area contributed by atoms with Gasteiger partial charge in [0.25, 0.3) is 5.91 Å². The molecule has 106 valence electrons. The molecule has 0 unspecified atom stereocenters. The molecule has 0 radical (unpaired) electrons. The van der Waals surface area contributed by atoms with Gasteiger partial charge in [-0.3, -0.25) is 4.79 Å². The number of carbonyl (C=O) groups excluding carboxylic acids is 1. The Balaban J connectivity index is 1.75. The number of aryl methyl sites for hydroxylation is 1. The van der Waals surface area contributed by atoms with Crippen LogP contribution < -0.4 is 10.1 Å². The van der Waals surface area contributed by atoms with Crippen molar-refractivity contribution >= 4 is 17.2 Å². The van der Waals surface area contributed by atoms with Crippen molar-refractivity contribution in [2.24, 2.45) is 0 Å². The van der Waals surface area contributed by atoms with Gasteiger partial charge in [-0.2, -0.15) is 0 Å². The molecule has 1 heterocycles. The predicted octanol–water partition coefficient (Wildman–Crippen LogP) is 2.24. The summed E-state index contributed by atoms with van der Waals surface area (Å²) in [6.07, 6.45) is 0. The zero-order valence-electron chi connectivity index (χ0n) is 11.3. The molecule has 1 amide bonds. The lowest BCUT2D eigenvalue weighted by atomic mass is 10.2. The van der Waals surface area contributed by atoms with Gasteiger partial charge >= 0.3 is 0 Å². The first-order valence-electron chi connectivity index (χ1n) is 6.31. The maximum absolute atomic E-state index is 11.7. The van der Waals surface area contributed by atoms with Crippen molar-refractivity contribution in [2.45, 2.75) is 20.1 Å². The molecule has 0 bridgehead atoms. The van der Waals surface area contributed by atoms with Gasteiger partial charge in [-0.05, 0) is 41.6 Å². The van der Waals surface area contributed by atoms with Crippen LogP contribution in [0.25, 0.3) is 0 Å². The number of amides is 1. The Labute approximate surface area is 122 Å². The van der Waals surface area contributed by atoms with E-state index in [-0.39, 0.29) is 19.1 Å². The van der Waals surface area contributed by atoms with Crippen LogP contribution in [0.3, 0.4) is 0 Å². The molecule has 0 fully saturated rings. The Hall–Kier alpha value is -1.85. The molecule has 0 aliphatic heterocycles. The molecule has 2 N–H and O–H groups in total. The number of benzene rings is 1. The third kappa shape index (κ3) is 4.08. The van der Waals surface area contributed by atoms with Crippen LogP contribution in [-0.4, -0.2) is 17.6 Å². The molecule has 0 aliphatic rings. The molecule has 0 atom stereocenters. The molecule has 0 spiro atoms. The first-order chi connectivity index (χ1) is 9.69. The quantitative estimate of drug-likeness (QED) is 0.858. The summed E-state index contributed by atoms with van der Waals surface area (Å²) >= 11 is 1.63. The highest BCUT2D eigenvalue weighted by molar-refractivity contribution is 7.10. The molecule has 2 aromatic rings. The molecule has 2 rings (SSSR count). The molecule has 4 nitrogen and oxygen atoms in total. The highest BCUT2D eigenvalue weighted by Gasteiger charge is 2.05. The first-order valence-corrected chi connectivity index (χ1v) is 7.19. The summed E-state index contributed by atoms with van der Waals surface area (Å²) in [5.74, 6) is 0.466. The second-order valence-electron chi connectivity index (χ2n) is 4.39. The summed E-state index contributed by atoms with van der Waals surface area (Å²) in [6, 6.07) is 9.04. The summed E-state index contributed by atoms with van der Waals surface area (Å²) < 4.78 is 5.38. The van der Waals surface area contributed by atoms with Gasteiger partial charge in [-0.15, -0.1) is 11.3 Å². The Kier molecular flexibility index (Phi) is 5.15. The van der Waals surface area contributed by atoms with Crippen molar-refractivity contribution in [3.05, 3.63) is 51.7 Å². The highest BCUT2D eigenvalue weighted by atomic mass is 32.1. The van der Waals surface area contributed by atoms with Crippen LogP contribution in [0.1, 0.15) is 16.0 Å². The van der Waals surface area contributed by atoms with E-state index >= 15 is 0 Å². The Morgan fingerprint density at radius 1 is 1.30 bits per heavy atom. The van der Waals surface area contributed by atoms with Gasteiger partial charge in [-0.1, -0.05) is 12.1 Å². The first kappa shape index (κ1) is 14.6. The fraction of sp³-hybridized carbons (Fsp3) is 0.267. The van der Waals surface area contributed by atoms with E-state index in [9.17, 15) is 4.79 Å². The summed E-state index contributed by atoms with van der Waals surface area (Å²) in [7, 11) is 0. The van der Waals surface area contributed by atoms with E-state index < -0.39 is 0 Å².